The average molecular weight is 307 g/mol. The lowest BCUT2D eigenvalue weighted by molar-refractivity contribution is 0.529. The van der Waals surface area contributed by atoms with E-state index in [1.807, 2.05) is 25.1 Å². The van der Waals surface area contributed by atoms with Crippen LogP contribution in [0, 0.1) is 6.92 Å². The predicted octanol–water partition coefficient (Wildman–Crippen LogP) is 4.38. The Kier molecular flexibility index (Phi) is 5.32. The van der Waals surface area contributed by atoms with E-state index in [4.69, 9.17) is 16.0 Å². The van der Waals surface area contributed by atoms with Crippen molar-refractivity contribution in [3.05, 3.63) is 52.4 Å². The first kappa shape index (κ1) is 15.9. The summed E-state index contributed by atoms with van der Waals surface area (Å²) in [6, 6.07) is 8.51. The summed E-state index contributed by atoms with van der Waals surface area (Å²) in [5.74, 6) is 0.970. The van der Waals surface area contributed by atoms with Crippen molar-refractivity contribution in [2.75, 3.05) is 11.9 Å². The molecule has 114 valence electrons. The van der Waals surface area contributed by atoms with Crippen molar-refractivity contribution in [3.63, 3.8) is 0 Å². The van der Waals surface area contributed by atoms with Gasteiger partial charge in [-0.05, 0) is 36.8 Å². The van der Waals surface area contributed by atoms with E-state index in [0.29, 0.717) is 6.04 Å². The minimum Gasteiger partial charge on any atom is -0.469 e. The number of aryl methyl sites for hydroxylation is 1. The van der Waals surface area contributed by atoms with Gasteiger partial charge in [0.25, 0.3) is 0 Å². The molecule has 1 N–H and O–H groups in total. The summed E-state index contributed by atoms with van der Waals surface area (Å²) >= 11 is 6.14. The molecule has 1 heterocycles. The second-order valence-electron chi connectivity index (χ2n) is 5.67. The summed E-state index contributed by atoms with van der Waals surface area (Å²) < 4.78 is 5.37. The van der Waals surface area contributed by atoms with Gasteiger partial charge in [-0.15, -0.1) is 0 Å². The number of anilines is 1. The molecule has 0 aliphatic heterocycles. The van der Waals surface area contributed by atoms with E-state index in [-0.39, 0.29) is 0 Å². The fourth-order valence-electron chi connectivity index (χ4n) is 2.30. The summed E-state index contributed by atoms with van der Waals surface area (Å²) in [6.45, 7) is 7.90. The van der Waals surface area contributed by atoms with E-state index in [1.165, 1.54) is 16.8 Å². The van der Waals surface area contributed by atoms with Crippen molar-refractivity contribution in [2.45, 2.75) is 39.9 Å². The van der Waals surface area contributed by atoms with Crippen molar-refractivity contribution in [1.29, 1.82) is 0 Å². The molecule has 0 radical (unpaired) electrons. The fraction of sp³-hybridized carbons (Fsp3) is 0.412. The standard InChI is InChI=1S/C17H23ClN2O/c1-12(2)19-10-15-9-16(18)5-6-17(15)20(4)11-14-7-8-21-13(14)3/h5-9,12,19H,10-11H2,1-4H3. The molecule has 0 saturated carbocycles. The Morgan fingerprint density at radius 3 is 2.62 bits per heavy atom. The van der Waals surface area contributed by atoms with Gasteiger partial charge in [0.15, 0.2) is 0 Å². The first-order chi connectivity index (χ1) is 9.97. The Bertz CT molecular complexity index is 592. The molecule has 21 heavy (non-hydrogen) atoms. The zero-order valence-corrected chi connectivity index (χ0v) is 13.9. The zero-order chi connectivity index (χ0) is 15.4. The maximum Gasteiger partial charge on any atom is 0.105 e. The van der Waals surface area contributed by atoms with E-state index in [1.54, 1.807) is 6.26 Å². The molecule has 0 atom stereocenters. The molecule has 0 unspecified atom stereocenters. The van der Waals surface area contributed by atoms with Gasteiger partial charge >= 0.3 is 0 Å². The van der Waals surface area contributed by atoms with Gasteiger partial charge in [-0.1, -0.05) is 25.4 Å². The lowest BCUT2D eigenvalue weighted by Gasteiger charge is -2.23. The lowest BCUT2D eigenvalue weighted by Crippen LogP contribution is -2.24. The Morgan fingerprint density at radius 2 is 2.00 bits per heavy atom. The van der Waals surface area contributed by atoms with E-state index in [9.17, 15) is 0 Å². The van der Waals surface area contributed by atoms with Gasteiger partial charge in [-0.3, -0.25) is 0 Å². The van der Waals surface area contributed by atoms with Gasteiger partial charge in [0.1, 0.15) is 5.76 Å². The highest BCUT2D eigenvalue weighted by atomic mass is 35.5. The number of hydrogen-bond donors (Lipinski definition) is 1. The molecule has 0 amide bonds. The van der Waals surface area contributed by atoms with Crippen molar-refractivity contribution in [1.82, 2.24) is 5.32 Å². The highest BCUT2D eigenvalue weighted by molar-refractivity contribution is 6.30. The highest BCUT2D eigenvalue weighted by Crippen LogP contribution is 2.25. The summed E-state index contributed by atoms with van der Waals surface area (Å²) in [5.41, 5.74) is 3.60. The van der Waals surface area contributed by atoms with Crippen LogP contribution in [0.4, 0.5) is 5.69 Å². The smallest absolute Gasteiger partial charge is 0.105 e. The summed E-state index contributed by atoms with van der Waals surface area (Å²) in [7, 11) is 2.09. The number of halogens is 1. The van der Waals surface area contributed by atoms with E-state index < -0.39 is 0 Å². The molecule has 2 aromatic rings. The summed E-state index contributed by atoms with van der Waals surface area (Å²) in [4.78, 5) is 2.23. The van der Waals surface area contributed by atoms with Gasteiger partial charge in [0, 0.05) is 42.5 Å². The Labute approximate surface area is 131 Å². The van der Waals surface area contributed by atoms with E-state index in [0.717, 1.165) is 23.9 Å². The minimum atomic E-state index is 0.443. The molecule has 0 fully saturated rings. The second-order valence-corrected chi connectivity index (χ2v) is 6.10. The molecule has 0 aliphatic rings. The molecular formula is C17H23ClN2O. The molecule has 0 spiro atoms. The molecule has 1 aromatic heterocycles. The molecule has 1 aromatic carbocycles. The zero-order valence-electron chi connectivity index (χ0n) is 13.1. The quantitative estimate of drug-likeness (QED) is 0.858. The van der Waals surface area contributed by atoms with E-state index in [2.05, 4.69) is 37.2 Å². The van der Waals surface area contributed by atoms with Crippen molar-refractivity contribution in [2.24, 2.45) is 0 Å². The molecule has 0 bridgehead atoms. The molecule has 4 heteroatoms. The lowest BCUT2D eigenvalue weighted by atomic mass is 10.1. The van der Waals surface area contributed by atoms with Gasteiger partial charge in [-0.25, -0.2) is 0 Å². The minimum absolute atomic E-state index is 0.443. The normalized spacial score (nSPS) is 11.1. The van der Waals surface area contributed by atoms with Gasteiger partial charge < -0.3 is 14.6 Å². The van der Waals surface area contributed by atoms with Gasteiger partial charge in [0.2, 0.25) is 0 Å². The number of furan rings is 1. The van der Waals surface area contributed by atoms with Crippen LogP contribution in [0.2, 0.25) is 5.02 Å². The van der Waals surface area contributed by atoms with Crippen LogP contribution in [-0.2, 0) is 13.1 Å². The van der Waals surface area contributed by atoms with Crippen LogP contribution in [0.25, 0.3) is 0 Å². The SMILES string of the molecule is Cc1occc1CN(C)c1ccc(Cl)cc1CNC(C)C. The number of rotatable bonds is 6. The van der Waals surface area contributed by atoms with Crippen molar-refractivity contribution < 1.29 is 4.42 Å². The van der Waals surface area contributed by atoms with Crippen LogP contribution in [0.15, 0.2) is 34.9 Å². The van der Waals surface area contributed by atoms with Crippen molar-refractivity contribution >= 4 is 17.3 Å². The fourth-order valence-corrected chi connectivity index (χ4v) is 2.49. The van der Waals surface area contributed by atoms with Crippen LogP contribution < -0.4 is 10.2 Å². The molecular weight excluding hydrogens is 284 g/mol. The number of nitrogens with zero attached hydrogens (tertiary/aromatic N) is 1. The summed E-state index contributed by atoms with van der Waals surface area (Å²) in [6.07, 6.45) is 1.74. The topological polar surface area (TPSA) is 28.4 Å². The van der Waals surface area contributed by atoms with Crippen LogP contribution >= 0.6 is 11.6 Å². The van der Waals surface area contributed by atoms with Crippen molar-refractivity contribution in [3.8, 4) is 0 Å². The number of nitrogens with one attached hydrogen (secondary N) is 1. The van der Waals surface area contributed by atoms with Gasteiger partial charge in [-0.2, -0.15) is 0 Å². The summed E-state index contributed by atoms with van der Waals surface area (Å²) in [5, 5.41) is 4.22. The van der Waals surface area contributed by atoms with Gasteiger partial charge in [0.05, 0.1) is 6.26 Å². The Morgan fingerprint density at radius 1 is 1.24 bits per heavy atom. The number of hydrogen-bond acceptors (Lipinski definition) is 3. The molecule has 0 saturated heterocycles. The molecule has 3 nitrogen and oxygen atoms in total. The first-order valence-corrected chi connectivity index (χ1v) is 7.61. The average Bonchev–Trinajstić information content (AvgIpc) is 2.82. The van der Waals surface area contributed by atoms with Crippen LogP contribution in [0.1, 0.15) is 30.7 Å². The largest absolute Gasteiger partial charge is 0.469 e. The van der Waals surface area contributed by atoms with Crippen LogP contribution in [0.5, 0.6) is 0 Å². The monoisotopic (exact) mass is 306 g/mol. The Hall–Kier alpha value is -1.45. The first-order valence-electron chi connectivity index (χ1n) is 7.23. The maximum atomic E-state index is 6.14. The predicted molar refractivity (Wildman–Crippen MR) is 89.0 cm³/mol. The number of benzene rings is 1. The van der Waals surface area contributed by atoms with Crippen LogP contribution in [0.3, 0.4) is 0 Å². The Balaban J connectivity index is 2.19. The molecule has 2 rings (SSSR count). The van der Waals surface area contributed by atoms with E-state index >= 15 is 0 Å². The van der Waals surface area contributed by atoms with Crippen LogP contribution in [-0.4, -0.2) is 13.1 Å². The third-order valence-corrected chi connectivity index (χ3v) is 3.76. The third kappa shape index (κ3) is 4.26. The molecule has 0 aliphatic carbocycles. The maximum absolute atomic E-state index is 6.14. The second kappa shape index (κ2) is 7.01. The highest BCUT2D eigenvalue weighted by Gasteiger charge is 2.11. The third-order valence-electron chi connectivity index (χ3n) is 3.53.